The summed E-state index contributed by atoms with van der Waals surface area (Å²) in [6, 6.07) is 0. The zero-order chi connectivity index (χ0) is 49.6. The van der Waals surface area contributed by atoms with Crippen LogP contribution in [0.2, 0.25) is 0 Å². The Bertz CT molecular complexity index is 1550. The van der Waals surface area contributed by atoms with Crippen LogP contribution in [0.3, 0.4) is 0 Å². The Kier molecular flexibility index (Phi) is 34.9. The maximum Gasteiger partial charge on any atom is 0.306 e. The largest absolute Gasteiger partial charge is 0.462 e. The molecule has 386 valence electrons. The van der Waals surface area contributed by atoms with E-state index >= 15 is 0 Å². The molecule has 0 spiro atoms. The van der Waals surface area contributed by atoms with Gasteiger partial charge in [0.1, 0.15) is 55.4 Å². The topological polar surface area (TPSA) is 231 Å². The Morgan fingerprint density at radius 1 is 0.500 bits per heavy atom. The van der Waals surface area contributed by atoms with Gasteiger partial charge in [-0.05, 0) is 70.6 Å². The van der Waals surface area contributed by atoms with Crippen molar-refractivity contribution in [2.75, 3.05) is 26.4 Å². The first-order valence-corrected chi connectivity index (χ1v) is 24.9. The fourth-order valence-corrected chi connectivity index (χ4v) is 7.04. The van der Waals surface area contributed by atoms with Crippen molar-refractivity contribution in [2.45, 2.75) is 197 Å². The standard InChI is InChI=1S/C53H84O15/c1-3-5-7-9-11-13-15-17-19-20-22-24-26-28-30-32-34-36-45(56)66-41(38-63-44(55)35-33-31-29-27-25-23-21-18-16-14-12-10-8-6-4-2)39-64-52-51(62)49(60)47(58)43(68-52)40-65-53-50(61)48(59)46(57)42(37-54)67-53/h6-10,12-16,18-21,24,26,41-43,46-54,57-62H,3-5,11,17,22-23,25,27-40H2,1-2H3/b8-6+,9-7+,12-10+,15-13+,16-14+,20-19+,21-18+,26-24+/t41-,42+,43+,46-,47-,48?,49?,50?,51?,52+,53+/m1/s1. The van der Waals surface area contributed by atoms with Crippen LogP contribution in [0.25, 0.3) is 0 Å². The second kappa shape index (κ2) is 39.2. The lowest BCUT2D eigenvalue weighted by molar-refractivity contribution is -0.332. The first kappa shape index (κ1) is 60.5. The number of aliphatic hydroxyl groups excluding tert-OH is 7. The van der Waals surface area contributed by atoms with E-state index in [2.05, 4.69) is 74.6 Å². The highest BCUT2D eigenvalue weighted by Gasteiger charge is 2.47. The quantitative estimate of drug-likeness (QED) is 0.0152. The lowest BCUT2D eigenvalue weighted by Gasteiger charge is -2.42. The van der Waals surface area contributed by atoms with Gasteiger partial charge in [-0.25, -0.2) is 0 Å². The van der Waals surface area contributed by atoms with E-state index in [1.165, 1.54) is 6.42 Å². The minimum absolute atomic E-state index is 0.115. The Labute approximate surface area is 405 Å². The third-order valence-corrected chi connectivity index (χ3v) is 11.1. The van der Waals surface area contributed by atoms with Crippen LogP contribution < -0.4 is 0 Å². The number of unbranched alkanes of at least 4 members (excludes halogenated alkanes) is 9. The summed E-state index contributed by atoms with van der Waals surface area (Å²) >= 11 is 0. The molecular formula is C53H84O15. The summed E-state index contributed by atoms with van der Waals surface area (Å²) in [7, 11) is 0. The molecular weight excluding hydrogens is 877 g/mol. The van der Waals surface area contributed by atoms with Crippen molar-refractivity contribution in [3.8, 4) is 0 Å². The smallest absolute Gasteiger partial charge is 0.306 e. The molecule has 2 aliphatic heterocycles. The number of ether oxygens (including phenoxy) is 6. The maximum atomic E-state index is 13.0. The van der Waals surface area contributed by atoms with Crippen LogP contribution in [-0.2, 0) is 38.0 Å². The normalized spacial score (nSPS) is 26.6. The van der Waals surface area contributed by atoms with Crippen molar-refractivity contribution in [2.24, 2.45) is 0 Å². The lowest BCUT2D eigenvalue weighted by Crippen LogP contribution is -2.61. The van der Waals surface area contributed by atoms with E-state index < -0.39 is 99.3 Å². The number of carbonyl (C=O) groups is 2. The number of hydrogen-bond acceptors (Lipinski definition) is 15. The molecule has 2 fully saturated rings. The molecule has 2 aliphatic rings. The summed E-state index contributed by atoms with van der Waals surface area (Å²) in [6.45, 7) is 2.29. The summed E-state index contributed by atoms with van der Waals surface area (Å²) in [5.74, 6) is -1.00. The highest BCUT2D eigenvalue weighted by molar-refractivity contribution is 5.70. The van der Waals surface area contributed by atoms with Gasteiger partial charge in [-0.1, -0.05) is 143 Å². The van der Waals surface area contributed by atoms with Crippen LogP contribution in [-0.4, -0.2) is 142 Å². The molecule has 4 unspecified atom stereocenters. The summed E-state index contributed by atoms with van der Waals surface area (Å²) in [4.78, 5) is 25.7. The molecule has 0 aliphatic carbocycles. The SMILES string of the molecule is CC/C=C/C=C/C=C/C=C/CCCCCCCC(=O)OC[C@H](CO[C@H]1O[C@@H](CO[C@H]2O[C@@H](CO)[C@@H](O)C(O)C2O)[C@@H](O)C(O)C1O)OC(=O)CCCCC/C=C/C/C=C/C/C=C/C/C=C/CCC. The first-order valence-electron chi connectivity index (χ1n) is 24.9. The van der Waals surface area contributed by atoms with Crippen molar-refractivity contribution in [3.05, 3.63) is 97.2 Å². The number of esters is 2. The van der Waals surface area contributed by atoms with Crippen LogP contribution in [0, 0.1) is 0 Å². The maximum absolute atomic E-state index is 13.0. The molecule has 2 saturated heterocycles. The molecule has 0 saturated carbocycles. The predicted molar refractivity (Wildman–Crippen MR) is 261 cm³/mol. The van der Waals surface area contributed by atoms with Gasteiger partial charge in [0.2, 0.25) is 0 Å². The number of carbonyl (C=O) groups excluding carboxylic acids is 2. The molecule has 11 atom stereocenters. The van der Waals surface area contributed by atoms with Gasteiger partial charge in [-0.15, -0.1) is 0 Å². The van der Waals surface area contributed by atoms with Crippen molar-refractivity contribution in [3.63, 3.8) is 0 Å². The molecule has 0 aromatic heterocycles. The number of hydrogen-bond donors (Lipinski definition) is 7. The predicted octanol–water partition coefficient (Wildman–Crippen LogP) is 6.59. The van der Waals surface area contributed by atoms with Gasteiger partial charge < -0.3 is 64.2 Å². The van der Waals surface area contributed by atoms with Crippen LogP contribution in [0.4, 0.5) is 0 Å². The highest BCUT2D eigenvalue weighted by atomic mass is 16.7. The zero-order valence-corrected chi connectivity index (χ0v) is 40.5. The molecule has 0 radical (unpaired) electrons. The minimum atomic E-state index is -1.78. The summed E-state index contributed by atoms with van der Waals surface area (Å²) in [5, 5.41) is 72.0. The molecule has 68 heavy (non-hydrogen) atoms. The molecule has 0 aromatic rings. The molecule has 0 amide bonds. The second-order valence-corrected chi connectivity index (χ2v) is 17.0. The van der Waals surface area contributed by atoms with Crippen LogP contribution in [0.5, 0.6) is 0 Å². The van der Waals surface area contributed by atoms with E-state index in [-0.39, 0.29) is 19.4 Å². The van der Waals surface area contributed by atoms with E-state index in [0.717, 1.165) is 83.5 Å². The number of aliphatic hydroxyl groups is 7. The van der Waals surface area contributed by atoms with E-state index in [9.17, 15) is 45.3 Å². The van der Waals surface area contributed by atoms with Crippen molar-refractivity contribution in [1.82, 2.24) is 0 Å². The first-order chi connectivity index (χ1) is 33.0. The minimum Gasteiger partial charge on any atom is -0.462 e. The summed E-state index contributed by atoms with van der Waals surface area (Å²) in [5.41, 5.74) is 0. The fraction of sp³-hybridized carbons (Fsp3) is 0.660. The summed E-state index contributed by atoms with van der Waals surface area (Å²) in [6.07, 6.45) is 31.5. The van der Waals surface area contributed by atoms with Crippen LogP contribution in [0.1, 0.15) is 129 Å². The van der Waals surface area contributed by atoms with Gasteiger partial charge in [-0.2, -0.15) is 0 Å². The van der Waals surface area contributed by atoms with Gasteiger partial charge in [0, 0.05) is 12.8 Å². The lowest BCUT2D eigenvalue weighted by atomic mass is 9.98. The zero-order valence-electron chi connectivity index (χ0n) is 40.5. The highest BCUT2D eigenvalue weighted by Crippen LogP contribution is 2.26. The van der Waals surface area contributed by atoms with Crippen molar-refractivity contribution < 1.29 is 73.8 Å². The molecule has 0 aromatic carbocycles. The van der Waals surface area contributed by atoms with E-state index in [4.69, 9.17) is 28.4 Å². The van der Waals surface area contributed by atoms with Crippen LogP contribution in [0.15, 0.2) is 97.2 Å². The Balaban J connectivity index is 1.86. The number of allylic oxidation sites excluding steroid dienone is 16. The number of rotatable bonds is 36. The third-order valence-electron chi connectivity index (χ3n) is 11.1. The molecule has 15 nitrogen and oxygen atoms in total. The van der Waals surface area contributed by atoms with E-state index in [1.54, 1.807) is 0 Å². The average molecular weight is 961 g/mol. The third kappa shape index (κ3) is 27.0. The van der Waals surface area contributed by atoms with Gasteiger partial charge in [-0.3, -0.25) is 9.59 Å². The van der Waals surface area contributed by atoms with Gasteiger partial charge in [0.15, 0.2) is 18.7 Å². The Morgan fingerprint density at radius 2 is 0.985 bits per heavy atom. The monoisotopic (exact) mass is 961 g/mol. The molecule has 2 rings (SSSR count). The molecule has 15 heteroatoms. The molecule has 0 bridgehead atoms. The summed E-state index contributed by atoms with van der Waals surface area (Å²) < 4.78 is 33.5. The second-order valence-electron chi connectivity index (χ2n) is 17.0. The van der Waals surface area contributed by atoms with Gasteiger partial charge in [0.25, 0.3) is 0 Å². The van der Waals surface area contributed by atoms with Crippen molar-refractivity contribution in [1.29, 1.82) is 0 Å². The van der Waals surface area contributed by atoms with Crippen LogP contribution >= 0.6 is 0 Å². The average Bonchev–Trinajstić information content (AvgIpc) is 3.33. The molecule has 2 heterocycles. The van der Waals surface area contributed by atoms with Gasteiger partial charge >= 0.3 is 11.9 Å². The van der Waals surface area contributed by atoms with Gasteiger partial charge in [0.05, 0.1) is 19.8 Å². The Morgan fingerprint density at radius 3 is 1.60 bits per heavy atom. The van der Waals surface area contributed by atoms with E-state index in [1.807, 2.05) is 36.5 Å². The van der Waals surface area contributed by atoms with E-state index in [0.29, 0.717) is 12.8 Å². The molecule has 7 N–H and O–H groups in total. The fourth-order valence-electron chi connectivity index (χ4n) is 7.04. The Hall–Kier alpha value is -3.58. The van der Waals surface area contributed by atoms with Crippen molar-refractivity contribution >= 4 is 11.9 Å².